The number of aromatic hydroxyl groups is 1. The van der Waals surface area contributed by atoms with E-state index in [2.05, 4.69) is 10.0 Å². The smallest absolute Gasteiger partial charge is 0.416 e. The molecule has 0 heterocycles. The van der Waals surface area contributed by atoms with E-state index in [4.69, 9.17) is 0 Å². The third-order valence-electron chi connectivity index (χ3n) is 5.32. The zero-order valence-corrected chi connectivity index (χ0v) is 19.6. The number of anilines is 2. The van der Waals surface area contributed by atoms with Crippen LogP contribution in [0.1, 0.15) is 15.9 Å². The molecule has 0 bridgehead atoms. The predicted octanol–water partition coefficient (Wildman–Crippen LogP) is 6.27. The fourth-order valence-electron chi connectivity index (χ4n) is 3.38. The number of hydrogen-bond donors (Lipinski definition) is 3. The number of rotatable bonds is 6. The van der Waals surface area contributed by atoms with Gasteiger partial charge in [-0.15, -0.1) is 0 Å². The van der Waals surface area contributed by atoms with Crippen molar-refractivity contribution in [1.82, 2.24) is 0 Å². The van der Waals surface area contributed by atoms with Gasteiger partial charge < -0.3 is 10.4 Å². The van der Waals surface area contributed by atoms with Crippen LogP contribution >= 0.6 is 0 Å². The van der Waals surface area contributed by atoms with Gasteiger partial charge in [-0.3, -0.25) is 9.52 Å². The molecule has 11 heteroatoms. The Balaban J connectivity index is 1.48. The van der Waals surface area contributed by atoms with Crippen LogP contribution in [0.5, 0.6) is 5.75 Å². The van der Waals surface area contributed by atoms with Crippen LogP contribution in [0.25, 0.3) is 11.1 Å². The quantitative estimate of drug-likeness (QED) is 0.156. The molecule has 37 heavy (non-hydrogen) atoms. The molecule has 4 aromatic rings. The summed E-state index contributed by atoms with van der Waals surface area (Å²) in [5.41, 5.74) is 0.577. The Hall–Kier alpha value is -4.38. The molecule has 0 aliphatic rings. The number of carbonyl (C=O) groups is 1. The summed E-state index contributed by atoms with van der Waals surface area (Å²) in [5.74, 6) is -1.56. The number of alkyl halides is 3. The number of amides is 1. The largest absolute Gasteiger partial charge is 0.506 e. The number of sulfonamides is 1. The van der Waals surface area contributed by atoms with Gasteiger partial charge in [0.25, 0.3) is 15.9 Å². The summed E-state index contributed by atoms with van der Waals surface area (Å²) >= 11 is 0. The van der Waals surface area contributed by atoms with Gasteiger partial charge in [-0.25, -0.2) is 12.8 Å². The fourth-order valence-corrected chi connectivity index (χ4v) is 4.45. The number of phenols is 1. The molecule has 4 rings (SSSR count). The second-order valence-corrected chi connectivity index (χ2v) is 9.58. The Morgan fingerprint density at radius 3 is 1.92 bits per heavy atom. The molecule has 6 nitrogen and oxygen atoms in total. The van der Waals surface area contributed by atoms with E-state index in [0.29, 0.717) is 11.1 Å². The molecule has 0 aromatic heterocycles. The normalized spacial score (nSPS) is 11.7. The van der Waals surface area contributed by atoms with E-state index in [0.717, 1.165) is 36.4 Å². The van der Waals surface area contributed by atoms with Crippen LogP contribution in [-0.4, -0.2) is 19.4 Å². The third-order valence-corrected chi connectivity index (χ3v) is 6.70. The van der Waals surface area contributed by atoms with Gasteiger partial charge in [0, 0.05) is 11.3 Å². The summed E-state index contributed by atoms with van der Waals surface area (Å²) in [4.78, 5) is 12.5. The first-order chi connectivity index (χ1) is 17.4. The lowest BCUT2D eigenvalue weighted by molar-refractivity contribution is -0.137. The zero-order valence-electron chi connectivity index (χ0n) is 18.8. The maximum absolute atomic E-state index is 13.1. The molecule has 1 amide bonds. The Morgan fingerprint density at radius 2 is 1.35 bits per heavy atom. The van der Waals surface area contributed by atoms with Gasteiger partial charge in [0.15, 0.2) is 0 Å². The molecular weight excluding hydrogens is 512 g/mol. The van der Waals surface area contributed by atoms with Gasteiger partial charge in [0.2, 0.25) is 0 Å². The van der Waals surface area contributed by atoms with Crippen molar-refractivity contribution in [2.45, 2.75) is 11.1 Å². The number of nitrogens with one attached hydrogen (secondary N) is 2. The number of benzene rings is 4. The zero-order chi connectivity index (χ0) is 26.8. The van der Waals surface area contributed by atoms with Crippen molar-refractivity contribution in [3.05, 3.63) is 108 Å². The van der Waals surface area contributed by atoms with Crippen molar-refractivity contribution < 1.29 is 35.9 Å². The van der Waals surface area contributed by atoms with Gasteiger partial charge >= 0.3 is 6.18 Å². The predicted molar refractivity (Wildman–Crippen MR) is 130 cm³/mol. The Labute approximate surface area is 209 Å². The first kappa shape index (κ1) is 25.7. The van der Waals surface area contributed by atoms with E-state index in [1.54, 1.807) is 12.1 Å². The maximum Gasteiger partial charge on any atom is 0.416 e. The lowest BCUT2D eigenvalue weighted by Gasteiger charge is -2.12. The van der Waals surface area contributed by atoms with Gasteiger partial charge in [0.1, 0.15) is 11.6 Å². The number of hydrogen-bond acceptors (Lipinski definition) is 4. The molecule has 3 N–H and O–H groups in total. The molecule has 0 fully saturated rings. The second-order valence-electron chi connectivity index (χ2n) is 7.90. The number of phenolic OH excluding ortho intramolecular Hbond substituents is 1. The topological polar surface area (TPSA) is 95.5 Å². The van der Waals surface area contributed by atoms with Gasteiger partial charge in [-0.2, -0.15) is 13.2 Å². The van der Waals surface area contributed by atoms with Crippen molar-refractivity contribution in [2.24, 2.45) is 0 Å². The average molecular weight is 530 g/mol. The summed E-state index contributed by atoms with van der Waals surface area (Å²) < 4.78 is 78.7. The minimum Gasteiger partial charge on any atom is -0.506 e. The molecule has 0 radical (unpaired) electrons. The van der Waals surface area contributed by atoms with Crippen LogP contribution in [0.4, 0.5) is 28.9 Å². The van der Waals surface area contributed by atoms with E-state index in [1.807, 2.05) is 0 Å². The molecule has 190 valence electrons. The fraction of sp³-hybridized carbons (Fsp3) is 0.0385. The first-order valence-corrected chi connectivity index (χ1v) is 12.1. The molecule has 0 aliphatic heterocycles. The van der Waals surface area contributed by atoms with Crippen molar-refractivity contribution in [3.63, 3.8) is 0 Å². The average Bonchev–Trinajstić information content (AvgIpc) is 2.86. The summed E-state index contributed by atoms with van der Waals surface area (Å²) in [6, 6.07) is 18.6. The molecule has 0 spiro atoms. The standard InChI is InChI=1S/C26H18F4N2O4S/c27-20-9-12-22(13-10-20)37(35,36)32-23-15-21(11-14-24(23)33)31-25(34)18-3-1-16(2-4-18)17-5-7-19(8-6-17)26(28,29)30/h1-15,32-33H,(H,31,34). The maximum atomic E-state index is 13.1. The number of halogens is 4. The first-order valence-electron chi connectivity index (χ1n) is 10.6. The monoisotopic (exact) mass is 530 g/mol. The minimum atomic E-state index is -4.44. The van der Waals surface area contributed by atoms with Crippen LogP contribution in [0, 0.1) is 5.82 Å². The van der Waals surface area contributed by atoms with Crippen LogP contribution in [0.3, 0.4) is 0 Å². The SMILES string of the molecule is O=C(Nc1ccc(O)c(NS(=O)(=O)c2ccc(F)cc2)c1)c1ccc(-c2ccc(C(F)(F)F)cc2)cc1. The summed E-state index contributed by atoms with van der Waals surface area (Å²) in [5, 5.41) is 12.7. The highest BCUT2D eigenvalue weighted by Gasteiger charge is 2.30. The highest BCUT2D eigenvalue weighted by atomic mass is 32.2. The van der Waals surface area contributed by atoms with Crippen molar-refractivity contribution >= 4 is 27.3 Å². The van der Waals surface area contributed by atoms with Crippen molar-refractivity contribution in [3.8, 4) is 16.9 Å². The van der Waals surface area contributed by atoms with E-state index in [9.17, 15) is 35.9 Å². The van der Waals surface area contributed by atoms with Crippen molar-refractivity contribution in [2.75, 3.05) is 10.0 Å². The molecule has 4 aromatic carbocycles. The van der Waals surface area contributed by atoms with Crippen LogP contribution < -0.4 is 10.0 Å². The lowest BCUT2D eigenvalue weighted by atomic mass is 10.0. The third kappa shape index (κ3) is 6.07. The second kappa shape index (κ2) is 9.94. The molecular formula is C26H18F4N2O4S. The molecule has 0 aliphatic carbocycles. The summed E-state index contributed by atoms with van der Waals surface area (Å²) in [6.07, 6.45) is -4.44. The molecule has 0 saturated heterocycles. The van der Waals surface area contributed by atoms with Gasteiger partial charge in [-0.1, -0.05) is 24.3 Å². The summed E-state index contributed by atoms with van der Waals surface area (Å²) in [6.45, 7) is 0. The van der Waals surface area contributed by atoms with E-state index in [1.165, 1.54) is 42.5 Å². The van der Waals surface area contributed by atoms with Gasteiger partial charge in [0.05, 0.1) is 16.1 Å². The number of carbonyl (C=O) groups excluding carboxylic acids is 1. The van der Waals surface area contributed by atoms with Crippen LogP contribution in [0.2, 0.25) is 0 Å². The molecule has 0 unspecified atom stereocenters. The van der Waals surface area contributed by atoms with E-state index < -0.39 is 39.2 Å². The Kier molecular flexibility index (Phi) is 6.90. The Bertz CT molecular complexity index is 1540. The van der Waals surface area contributed by atoms with Gasteiger partial charge in [-0.05, 0) is 77.9 Å². The van der Waals surface area contributed by atoms with E-state index in [-0.39, 0.29) is 21.8 Å². The van der Waals surface area contributed by atoms with Crippen LogP contribution in [-0.2, 0) is 16.2 Å². The molecule has 0 saturated carbocycles. The lowest BCUT2D eigenvalue weighted by Crippen LogP contribution is -2.14. The van der Waals surface area contributed by atoms with Crippen LogP contribution in [0.15, 0.2) is 95.9 Å². The highest BCUT2D eigenvalue weighted by Crippen LogP contribution is 2.32. The minimum absolute atomic E-state index is 0.173. The molecule has 0 atom stereocenters. The Morgan fingerprint density at radius 1 is 0.784 bits per heavy atom. The van der Waals surface area contributed by atoms with Crippen molar-refractivity contribution in [1.29, 1.82) is 0 Å². The highest BCUT2D eigenvalue weighted by molar-refractivity contribution is 7.92. The summed E-state index contributed by atoms with van der Waals surface area (Å²) in [7, 11) is -4.14. The van der Waals surface area contributed by atoms with E-state index >= 15 is 0 Å².